The van der Waals surface area contributed by atoms with Crippen LogP contribution in [0.25, 0.3) is 0 Å². The number of phenolic OH excluding ortho intramolecular Hbond substituents is 2. The summed E-state index contributed by atoms with van der Waals surface area (Å²) in [6.45, 7) is 1.19. The topological polar surface area (TPSA) is 118 Å². The fourth-order valence-electron chi connectivity index (χ4n) is 0.718. The maximum atomic E-state index is 8.67. The molecule has 2 rings (SSSR count). The Kier molecular flexibility index (Phi) is 9.94. The van der Waals surface area contributed by atoms with Crippen LogP contribution >= 0.6 is 0 Å². The molecule has 1 aromatic carbocycles. The summed E-state index contributed by atoms with van der Waals surface area (Å²) in [7, 11) is 0. The zero-order valence-corrected chi connectivity index (χ0v) is 9.98. The highest BCUT2D eigenvalue weighted by Crippen LogP contribution is 2.21. The van der Waals surface area contributed by atoms with Gasteiger partial charge in [-0.3, -0.25) is 9.97 Å². The molecule has 0 saturated carbocycles. The van der Waals surface area contributed by atoms with Crippen molar-refractivity contribution in [3.63, 3.8) is 0 Å². The van der Waals surface area contributed by atoms with Crippen molar-refractivity contribution in [1.29, 1.82) is 0 Å². The molecular formula is C12H18N4O2. The van der Waals surface area contributed by atoms with E-state index in [0.29, 0.717) is 13.1 Å². The van der Waals surface area contributed by atoms with Crippen LogP contribution in [0.5, 0.6) is 11.5 Å². The average Bonchev–Trinajstić information content (AvgIpc) is 2.45. The van der Waals surface area contributed by atoms with Crippen molar-refractivity contribution >= 4 is 0 Å². The first kappa shape index (κ1) is 15.8. The number of benzene rings is 1. The van der Waals surface area contributed by atoms with Crippen molar-refractivity contribution in [2.45, 2.75) is 0 Å². The van der Waals surface area contributed by atoms with Crippen LogP contribution in [-0.2, 0) is 0 Å². The largest absolute Gasteiger partial charge is 0.504 e. The molecule has 0 spiro atoms. The predicted molar refractivity (Wildman–Crippen MR) is 69.9 cm³/mol. The van der Waals surface area contributed by atoms with Gasteiger partial charge >= 0.3 is 0 Å². The Morgan fingerprint density at radius 3 is 1.28 bits per heavy atom. The van der Waals surface area contributed by atoms with E-state index in [0.717, 1.165) is 0 Å². The second-order valence-electron chi connectivity index (χ2n) is 2.96. The molecule has 6 nitrogen and oxygen atoms in total. The van der Waals surface area contributed by atoms with Crippen LogP contribution in [0.4, 0.5) is 0 Å². The summed E-state index contributed by atoms with van der Waals surface area (Å²) in [5.74, 6) is -0.153. The molecule has 0 radical (unpaired) electrons. The lowest BCUT2D eigenvalue weighted by atomic mass is 10.3. The van der Waals surface area contributed by atoms with Gasteiger partial charge in [0.25, 0.3) is 0 Å². The lowest BCUT2D eigenvalue weighted by molar-refractivity contribution is 0.404. The van der Waals surface area contributed by atoms with E-state index in [4.69, 9.17) is 21.7 Å². The standard InChI is InChI=1S/C6H6O2.C4H4N2.C2H8N2/c7-5-3-1-2-4-6(5)8;1-2-6-4-3-5-1;3-1-2-4/h1-4,7-8H;1-4H;1-4H2. The smallest absolute Gasteiger partial charge is 0.157 e. The molecule has 0 atom stereocenters. The molecule has 0 amide bonds. The number of aromatic hydroxyl groups is 2. The summed E-state index contributed by atoms with van der Waals surface area (Å²) < 4.78 is 0. The monoisotopic (exact) mass is 250 g/mol. The van der Waals surface area contributed by atoms with Crippen LogP contribution < -0.4 is 11.5 Å². The summed E-state index contributed by atoms with van der Waals surface area (Å²) in [5.41, 5.74) is 9.81. The van der Waals surface area contributed by atoms with Crippen molar-refractivity contribution < 1.29 is 10.2 Å². The number of para-hydroxylation sites is 2. The molecule has 98 valence electrons. The third-order valence-electron chi connectivity index (χ3n) is 1.53. The number of hydrogen-bond donors (Lipinski definition) is 4. The van der Waals surface area contributed by atoms with Crippen molar-refractivity contribution in [3.05, 3.63) is 49.1 Å². The van der Waals surface area contributed by atoms with Gasteiger partial charge in [-0.1, -0.05) is 12.1 Å². The summed E-state index contributed by atoms with van der Waals surface area (Å²) in [6.07, 6.45) is 6.56. The maximum absolute atomic E-state index is 8.67. The molecule has 0 aliphatic carbocycles. The van der Waals surface area contributed by atoms with Gasteiger partial charge in [-0.15, -0.1) is 0 Å². The molecule has 6 N–H and O–H groups in total. The van der Waals surface area contributed by atoms with E-state index >= 15 is 0 Å². The number of hydrogen-bond acceptors (Lipinski definition) is 6. The van der Waals surface area contributed by atoms with Crippen LogP contribution in [0.3, 0.4) is 0 Å². The second-order valence-corrected chi connectivity index (χ2v) is 2.96. The Balaban J connectivity index is 0.000000257. The number of aromatic nitrogens is 2. The third kappa shape index (κ3) is 9.08. The van der Waals surface area contributed by atoms with Gasteiger partial charge in [0, 0.05) is 37.9 Å². The summed E-state index contributed by atoms with van der Waals surface area (Å²) in [4.78, 5) is 7.44. The first-order valence-corrected chi connectivity index (χ1v) is 5.29. The van der Waals surface area contributed by atoms with E-state index in [1.807, 2.05) is 0 Å². The lowest BCUT2D eigenvalue weighted by Gasteiger charge is -1.91. The van der Waals surface area contributed by atoms with Gasteiger partial charge in [0.05, 0.1) is 0 Å². The minimum Gasteiger partial charge on any atom is -0.504 e. The van der Waals surface area contributed by atoms with Crippen LogP contribution in [0.15, 0.2) is 49.1 Å². The van der Waals surface area contributed by atoms with Crippen LogP contribution in [0.2, 0.25) is 0 Å². The molecule has 0 unspecified atom stereocenters. The Labute approximate surface area is 106 Å². The predicted octanol–water partition coefficient (Wildman–Crippen LogP) is 0.478. The highest BCUT2D eigenvalue weighted by atomic mass is 16.3. The number of nitrogens with two attached hydrogens (primary N) is 2. The van der Waals surface area contributed by atoms with Crippen molar-refractivity contribution in [3.8, 4) is 11.5 Å². The number of phenols is 2. The van der Waals surface area contributed by atoms with Gasteiger partial charge in [0.1, 0.15) is 0 Å². The molecule has 1 heterocycles. The van der Waals surface area contributed by atoms with E-state index < -0.39 is 0 Å². The first-order chi connectivity index (χ1) is 8.72. The molecule has 6 heteroatoms. The van der Waals surface area contributed by atoms with E-state index in [2.05, 4.69) is 9.97 Å². The van der Waals surface area contributed by atoms with Gasteiger partial charge < -0.3 is 21.7 Å². The Hall–Kier alpha value is -2.18. The minimum absolute atomic E-state index is 0.0764. The molecule has 0 bridgehead atoms. The van der Waals surface area contributed by atoms with Crippen LogP contribution in [-0.4, -0.2) is 33.3 Å². The molecule has 0 aliphatic rings. The molecule has 18 heavy (non-hydrogen) atoms. The zero-order chi connectivity index (χ0) is 13.6. The van der Waals surface area contributed by atoms with Crippen molar-refractivity contribution in [2.75, 3.05) is 13.1 Å². The third-order valence-corrected chi connectivity index (χ3v) is 1.53. The Morgan fingerprint density at radius 1 is 0.778 bits per heavy atom. The van der Waals surface area contributed by atoms with Gasteiger partial charge in [0.15, 0.2) is 11.5 Å². The molecule has 0 fully saturated rings. The normalized spacial score (nSPS) is 8.33. The van der Waals surface area contributed by atoms with Gasteiger partial charge in [0.2, 0.25) is 0 Å². The molecular weight excluding hydrogens is 232 g/mol. The van der Waals surface area contributed by atoms with Crippen LogP contribution in [0.1, 0.15) is 0 Å². The fourth-order valence-corrected chi connectivity index (χ4v) is 0.718. The summed E-state index contributed by atoms with van der Waals surface area (Å²) in [5, 5.41) is 17.3. The van der Waals surface area contributed by atoms with Gasteiger partial charge in [-0.2, -0.15) is 0 Å². The van der Waals surface area contributed by atoms with Crippen LogP contribution in [0, 0.1) is 0 Å². The van der Waals surface area contributed by atoms with Gasteiger partial charge in [-0.25, -0.2) is 0 Å². The van der Waals surface area contributed by atoms with Crippen molar-refractivity contribution in [1.82, 2.24) is 9.97 Å². The first-order valence-electron chi connectivity index (χ1n) is 5.29. The van der Waals surface area contributed by atoms with Crippen molar-refractivity contribution in [2.24, 2.45) is 11.5 Å². The molecule has 0 saturated heterocycles. The summed E-state index contributed by atoms with van der Waals surface area (Å²) >= 11 is 0. The number of nitrogens with zero attached hydrogens (tertiary/aromatic N) is 2. The van der Waals surface area contributed by atoms with Gasteiger partial charge in [-0.05, 0) is 12.1 Å². The van der Waals surface area contributed by atoms with E-state index in [1.54, 1.807) is 36.9 Å². The zero-order valence-electron chi connectivity index (χ0n) is 9.98. The molecule has 2 aromatic rings. The number of rotatable bonds is 1. The SMILES string of the molecule is NCCN.Oc1ccccc1O.c1cnccn1. The minimum atomic E-state index is -0.0764. The van der Waals surface area contributed by atoms with E-state index in [-0.39, 0.29) is 11.5 Å². The Morgan fingerprint density at radius 2 is 1.11 bits per heavy atom. The molecule has 1 aromatic heterocycles. The van der Waals surface area contributed by atoms with E-state index in [9.17, 15) is 0 Å². The quantitative estimate of drug-likeness (QED) is 0.547. The van der Waals surface area contributed by atoms with E-state index in [1.165, 1.54) is 12.1 Å². The fraction of sp³-hybridized carbons (Fsp3) is 0.167. The molecule has 0 aliphatic heterocycles. The summed E-state index contributed by atoms with van der Waals surface area (Å²) in [6, 6.07) is 6.15. The highest BCUT2D eigenvalue weighted by molar-refractivity contribution is 5.36. The lowest BCUT2D eigenvalue weighted by Crippen LogP contribution is -2.11. The second kappa shape index (κ2) is 11.3. The maximum Gasteiger partial charge on any atom is 0.157 e. The highest BCUT2D eigenvalue weighted by Gasteiger charge is 1.90. The Bertz CT molecular complexity index is 349. The average molecular weight is 250 g/mol.